The molecule has 10 heteroatoms. The molecule has 1 aliphatic rings. The molecule has 2 N–H and O–H groups in total. The summed E-state index contributed by atoms with van der Waals surface area (Å²) in [5.41, 5.74) is 1.44. The number of ether oxygens (including phenoxy) is 2. The van der Waals surface area contributed by atoms with Gasteiger partial charge in [0.05, 0.1) is 31.4 Å². The number of hydrogen-bond acceptors (Lipinski definition) is 8. The highest BCUT2D eigenvalue weighted by Crippen LogP contribution is 2.42. The third-order valence-corrected chi connectivity index (χ3v) is 6.67. The van der Waals surface area contributed by atoms with Crippen LogP contribution in [-0.2, 0) is 16.1 Å². The van der Waals surface area contributed by atoms with Gasteiger partial charge in [0, 0.05) is 23.0 Å². The summed E-state index contributed by atoms with van der Waals surface area (Å²) in [6.07, 6.45) is 0. The molecule has 1 unspecified atom stereocenters. The first kappa shape index (κ1) is 25.9. The zero-order valence-electron chi connectivity index (χ0n) is 20.8. The number of nitrogens with zero attached hydrogens (tertiary/aromatic N) is 1. The van der Waals surface area contributed by atoms with Crippen LogP contribution in [-0.4, -0.2) is 47.0 Å². The minimum Gasteiger partial charge on any atom is -0.508 e. The van der Waals surface area contributed by atoms with Gasteiger partial charge in [-0.2, -0.15) is 0 Å². The Labute approximate surface area is 227 Å². The molecule has 3 aromatic carbocycles. The van der Waals surface area contributed by atoms with Gasteiger partial charge in [0.2, 0.25) is 5.78 Å². The fourth-order valence-corrected chi connectivity index (χ4v) is 4.85. The van der Waals surface area contributed by atoms with Crippen LogP contribution in [0.15, 0.2) is 82.5 Å². The molecule has 198 valence electrons. The third-order valence-electron chi connectivity index (χ3n) is 6.45. The number of carbonyl (C=O) groups is 3. The van der Waals surface area contributed by atoms with Crippen LogP contribution >= 0.6 is 11.6 Å². The number of hydrogen-bond donors (Lipinski definition) is 2. The van der Waals surface area contributed by atoms with Crippen molar-refractivity contribution < 1.29 is 38.5 Å². The molecule has 0 radical (unpaired) electrons. The fraction of sp³-hybridized carbons (Fsp3) is 0.138. The summed E-state index contributed by atoms with van der Waals surface area (Å²) in [5, 5.41) is 22.0. The number of aliphatic hydroxyl groups excluding tert-OH is 1. The zero-order chi connectivity index (χ0) is 27.8. The lowest BCUT2D eigenvalue weighted by Crippen LogP contribution is -2.30. The largest absolute Gasteiger partial charge is 0.508 e. The molecule has 1 amide bonds. The highest BCUT2D eigenvalue weighted by atomic mass is 35.5. The van der Waals surface area contributed by atoms with Gasteiger partial charge in [-0.1, -0.05) is 35.9 Å². The molecule has 0 aliphatic carbocycles. The maximum absolute atomic E-state index is 13.8. The lowest BCUT2D eigenvalue weighted by Gasteiger charge is -2.27. The number of esters is 1. The number of furan rings is 1. The number of aliphatic hydroxyl groups is 1. The molecule has 2 heterocycles. The van der Waals surface area contributed by atoms with Crippen LogP contribution in [0.4, 0.5) is 0 Å². The molecular weight excluding hydrogens is 526 g/mol. The van der Waals surface area contributed by atoms with Crippen molar-refractivity contribution in [1.29, 1.82) is 0 Å². The third kappa shape index (κ3) is 4.68. The van der Waals surface area contributed by atoms with Crippen LogP contribution in [0.3, 0.4) is 0 Å². The van der Waals surface area contributed by atoms with Gasteiger partial charge in [-0.05, 0) is 47.5 Å². The minimum atomic E-state index is -1.05. The molecular formula is C29H22ClNO8. The standard InChI is InChI=1S/C29H22ClNO8/c1-37-22-13-19(30)10-18-12-21(39-27(18)22)25(33)23-24(17-4-3-5-20(32)11-17)31(28(35)26(23)34)14-15-6-8-16(9-7-15)29(36)38-2/h3-13,24,32,34H,14H2,1-2H3. The van der Waals surface area contributed by atoms with Crippen molar-refractivity contribution in [3.63, 3.8) is 0 Å². The van der Waals surface area contributed by atoms with Crippen LogP contribution < -0.4 is 4.74 Å². The van der Waals surface area contributed by atoms with Gasteiger partial charge in [0.25, 0.3) is 5.91 Å². The highest BCUT2D eigenvalue weighted by Gasteiger charge is 2.44. The quantitative estimate of drug-likeness (QED) is 0.234. The van der Waals surface area contributed by atoms with E-state index < -0.39 is 29.5 Å². The molecule has 4 aromatic rings. The predicted octanol–water partition coefficient (Wildman–Crippen LogP) is 5.37. The molecule has 0 saturated heterocycles. The van der Waals surface area contributed by atoms with Crippen molar-refractivity contribution in [3.8, 4) is 11.5 Å². The minimum absolute atomic E-state index is 0.00892. The van der Waals surface area contributed by atoms with E-state index >= 15 is 0 Å². The Bertz CT molecular complexity index is 1650. The number of halogens is 1. The molecule has 0 spiro atoms. The van der Waals surface area contributed by atoms with Crippen molar-refractivity contribution in [2.24, 2.45) is 0 Å². The zero-order valence-corrected chi connectivity index (χ0v) is 21.6. The average Bonchev–Trinajstić information content (AvgIpc) is 3.47. The average molecular weight is 548 g/mol. The Morgan fingerprint density at radius 3 is 2.44 bits per heavy atom. The lowest BCUT2D eigenvalue weighted by atomic mass is 9.94. The van der Waals surface area contributed by atoms with Crippen LogP contribution in [0.1, 0.15) is 38.1 Å². The Kier molecular flexibility index (Phi) is 6.76. The summed E-state index contributed by atoms with van der Waals surface area (Å²) in [5.74, 6) is -2.62. The number of phenols is 1. The number of methoxy groups -OCH3 is 2. The van der Waals surface area contributed by atoms with Crippen molar-refractivity contribution >= 4 is 40.2 Å². The molecule has 9 nitrogen and oxygen atoms in total. The van der Waals surface area contributed by atoms with Crippen LogP contribution in [0.25, 0.3) is 11.0 Å². The van der Waals surface area contributed by atoms with E-state index in [1.165, 1.54) is 37.3 Å². The van der Waals surface area contributed by atoms with Gasteiger partial charge in [0.15, 0.2) is 22.9 Å². The van der Waals surface area contributed by atoms with Gasteiger partial charge < -0.3 is 29.0 Å². The number of benzene rings is 3. The number of fused-ring (bicyclic) bond motifs is 1. The maximum Gasteiger partial charge on any atom is 0.337 e. The molecule has 39 heavy (non-hydrogen) atoms. The number of rotatable bonds is 7. The summed E-state index contributed by atoms with van der Waals surface area (Å²) in [7, 11) is 2.71. The van der Waals surface area contributed by atoms with Crippen LogP contribution in [0.2, 0.25) is 5.02 Å². The monoisotopic (exact) mass is 547 g/mol. The van der Waals surface area contributed by atoms with Crippen molar-refractivity contribution in [1.82, 2.24) is 4.90 Å². The predicted molar refractivity (Wildman–Crippen MR) is 141 cm³/mol. The first-order valence-corrected chi connectivity index (χ1v) is 12.1. The van der Waals surface area contributed by atoms with Gasteiger partial charge >= 0.3 is 5.97 Å². The molecule has 1 atom stereocenters. The smallest absolute Gasteiger partial charge is 0.337 e. The van der Waals surface area contributed by atoms with E-state index in [0.717, 1.165) is 0 Å². The van der Waals surface area contributed by atoms with E-state index in [-0.39, 0.29) is 29.2 Å². The number of phenolic OH excluding ortho intramolecular Hbond substituents is 1. The molecule has 1 aliphatic heterocycles. The second kappa shape index (κ2) is 10.2. The first-order chi connectivity index (χ1) is 18.7. The molecule has 1 aromatic heterocycles. The summed E-state index contributed by atoms with van der Waals surface area (Å²) in [4.78, 5) is 40.2. The summed E-state index contributed by atoms with van der Waals surface area (Å²) >= 11 is 6.15. The number of Topliss-reactive ketones (excluding diaryl/α,β-unsaturated/α-hetero) is 1. The highest BCUT2D eigenvalue weighted by molar-refractivity contribution is 6.31. The van der Waals surface area contributed by atoms with E-state index in [2.05, 4.69) is 0 Å². The first-order valence-electron chi connectivity index (χ1n) is 11.7. The van der Waals surface area contributed by atoms with E-state index in [1.54, 1.807) is 48.5 Å². The Morgan fingerprint density at radius 1 is 1.03 bits per heavy atom. The van der Waals surface area contributed by atoms with Crippen LogP contribution in [0, 0.1) is 0 Å². The maximum atomic E-state index is 13.8. The van der Waals surface area contributed by atoms with E-state index in [4.69, 9.17) is 25.5 Å². The second-order valence-corrected chi connectivity index (χ2v) is 9.28. The van der Waals surface area contributed by atoms with E-state index in [9.17, 15) is 24.6 Å². The lowest BCUT2D eigenvalue weighted by molar-refractivity contribution is -0.130. The summed E-state index contributed by atoms with van der Waals surface area (Å²) in [6.45, 7) is -0.00892. The summed E-state index contributed by atoms with van der Waals surface area (Å²) in [6, 6.07) is 16.0. The molecule has 0 saturated carbocycles. The second-order valence-electron chi connectivity index (χ2n) is 8.85. The normalized spacial score (nSPS) is 15.2. The van der Waals surface area contributed by atoms with Gasteiger partial charge in [-0.3, -0.25) is 9.59 Å². The van der Waals surface area contributed by atoms with Gasteiger partial charge in [-0.25, -0.2) is 4.79 Å². The van der Waals surface area contributed by atoms with E-state index in [0.29, 0.717) is 32.8 Å². The number of aromatic hydroxyl groups is 1. The number of ketones is 1. The molecule has 0 fully saturated rings. The molecule has 5 rings (SSSR count). The molecule has 0 bridgehead atoms. The SMILES string of the molecule is COC(=O)c1ccc(CN2C(=O)C(O)=C(C(=O)c3cc4cc(Cl)cc(OC)c4o3)C2c2cccc(O)c2)cc1. The topological polar surface area (TPSA) is 127 Å². The Balaban J connectivity index is 1.57. The number of carbonyl (C=O) groups excluding carboxylic acids is 3. The van der Waals surface area contributed by atoms with Crippen LogP contribution in [0.5, 0.6) is 11.5 Å². The van der Waals surface area contributed by atoms with Crippen molar-refractivity contribution in [3.05, 3.63) is 106 Å². The number of amides is 1. The Hall–Kier alpha value is -4.76. The van der Waals surface area contributed by atoms with Gasteiger partial charge in [0.1, 0.15) is 5.75 Å². The summed E-state index contributed by atoms with van der Waals surface area (Å²) < 4.78 is 15.8. The Morgan fingerprint density at radius 2 is 1.77 bits per heavy atom. The fourth-order valence-electron chi connectivity index (χ4n) is 4.63. The van der Waals surface area contributed by atoms with E-state index in [1.807, 2.05) is 0 Å². The van der Waals surface area contributed by atoms with Crippen molar-refractivity contribution in [2.75, 3.05) is 14.2 Å². The van der Waals surface area contributed by atoms with Crippen molar-refractivity contribution in [2.45, 2.75) is 12.6 Å². The van der Waals surface area contributed by atoms with Gasteiger partial charge in [-0.15, -0.1) is 0 Å².